The number of pyridine rings is 1. The third-order valence-corrected chi connectivity index (χ3v) is 1.15. The van der Waals surface area contributed by atoms with Crippen LogP contribution in [0, 0.1) is 0 Å². The first-order valence-electron chi connectivity index (χ1n) is 3.50. The molecule has 76 valence electrons. The third-order valence-electron chi connectivity index (χ3n) is 1.15. The molecule has 1 rings (SSSR count). The van der Waals surface area contributed by atoms with Crippen LogP contribution in [0.4, 0.5) is 8.78 Å². The van der Waals surface area contributed by atoms with E-state index in [9.17, 15) is 8.78 Å². The Morgan fingerprint density at radius 1 is 1.29 bits per heavy atom. The fraction of sp³-hybridized carbons (Fsp3) is 0.167. The van der Waals surface area contributed by atoms with Crippen LogP contribution in [-0.2, 0) is 0 Å². The minimum absolute atomic E-state index is 0.0850. The Morgan fingerprint density at radius 3 is 2.50 bits per heavy atom. The standard InChI is InChI=1S/C6H6BF2NO4/c8-6(9)13-4-1-5(3-10-2-4)14-7(11)12/h1-3,6,11-12H. The minimum Gasteiger partial charge on any atom is -0.511 e. The lowest BCUT2D eigenvalue weighted by Gasteiger charge is -2.06. The van der Waals surface area contributed by atoms with Gasteiger partial charge in [0.25, 0.3) is 0 Å². The van der Waals surface area contributed by atoms with Crippen molar-refractivity contribution in [2.24, 2.45) is 0 Å². The molecular weight excluding hydrogens is 199 g/mol. The quantitative estimate of drug-likeness (QED) is 0.678. The van der Waals surface area contributed by atoms with E-state index in [2.05, 4.69) is 14.4 Å². The van der Waals surface area contributed by atoms with Gasteiger partial charge in [-0.25, -0.2) is 0 Å². The molecule has 0 aliphatic heterocycles. The zero-order valence-electron chi connectivity index (χ0n) is 6.80. The molecule has 14 heavy (non-hydrogen) atoms. The van der Waals surface area contributed by atoms with Crippen molar-refractivity contribution in [1.82, 2.24) is 4.98 Å². The zero-order valence-corrected chi connectivity index (χ0v) is 6.80. The highest BCUT2D eigenvalue weighted by Crippen LogP contribution is 2.19. The van der Waals surface area contributed by atoms with Crippen LogP contribution in [0.1, 0.15) is 0 Å². The molecule has 0 amide bonds. The Balaban J connectivity index is 2.68. The molecule has 0 atom stereocenters. The summed E-state index contributed by atoms with van der Waals surface area (Å²) in [5, 5.41) is 16.8. The molecule has 0 spiro atoms. The van der Waals surface area contributed by atoms with Gasteiger partial charge in [0.2, 0.25) is 0 Å². The number of ether oxygens (including phenoxy) is 1. The van der Waals surface area contributed by atoms with E-state index in [0.717, 1.165) is 18.5 Å². The molecule has 0 saturated heterocycles. The van der Waals surface area contributed by atoms with Crippen LogP contribution in [0.3, 0.4) is 0 Å². The molecule has 0 aliphatic carbocycles. The number of nitrogens with zero attached hydrogens (tertiary/aromatic N) is 1. The number of hydrogen-bond acceptors (Lipinski definition) is 5. The number of alkyl halides is 2. The van der Waals surface area contributed by atoms with Gasteiger partial charge in [-0.15, -0.1) is 0 Å². The summed E-state index contributed by atoms with van der Waals surface area (Å²) in [5.74, 6) is -0.309. The van der Waals surface area contributed by atoms with Crippen molar-refractivity contribution in [2.45, 2.75) is 6.61 Å². The van der Waals surface area contributed by atoms with Gasteiger partial charge in [-0.1, -0.05) is 0 Å². The normalized spacial score (nSPS) is 10.1. The van der Waals surface area contributed by atoms with Gasteiger partial charge in [0.1, 0.15) is 11.5 Å². The van der Waals surface area contributed by atoms with Gasteiger partial charge in [-0.3, -0.25) is 4.98 Å². The molecule has 0 aromatic carbocycles. The van der Waals surface area contributed by atoms with Crippen LogP contribution in [0.15, 0.2) is 18.5 Å². The number of aromatic nitrogens is 1. The molecule has 0 bridgehead atoms. The van der Waals surface area contributed by atoms with Gasteiger partial charge in [0.05, 0.1) is 12.4 Å². The van der Waals surface area contributed by atoms with Crippen LogP contribution < -0.4 is 9.39 Å². The van der Waals surface area contributed by atoms with Gasteiger partial charge in [-0.05, 0) is 0 Å². The summed E-state index contributed by atoms with van der Waals surface area (Å²) in [7, 11) is -2.03. The molecule has 8 heteroatoms. The maximum Gasteiger partial charge on any atom is 0.707 e. The fourth-order valence-corrected chi connectivity index (χ4v) is 0.752. The lowest BCUT2D eigenvalue weighted by atomic mass is 10.2. The molecule has 1 aromatic rings. The molecule has 1 heterocycles. The smallest absolute Gasteiger partial charge is 0.511 e. The van der Waals surface area contributed by atoms with E-state index in [-0.39, 0.29) is 11.5 Å². The van der Waals surface area contributed by atoms with E-state index >= 15 is 0 Å². The van der Waals surface area contributed by atoms with Gasteiger partial charge >= 0.3 is 13.9 Å². The largest absolute Gasteiger partial charge is 0.707 e. The van der Waals surface area contributed by atoms with E-state index in [1.54, 1.807) is 0 Å². The minimum atomic E-state index is -2.97. The van der Waals surface area contributed by atoms with Crippen molar-refractivity contribution in [2.75, 3.05) is 0 Å². The monoisotopic (exact) mass is 205 g/mol. The molecule has 5 nitrogen and oxygen atoms in total. The number of halogens is 2. The second-order valence-corrected chi connectivity index (χ2v) is 2.18. The average Bonchev–Trinajstić information content (AvgIpc) is 2.01. The Hall–Kier alpha value is -1.41. The van der Waals surface area contributed by atoms with E-state index in [0.29, 0.717) is 0 Å². The third kappa shape index (κ3) is 3.54. The van der Waals surface area contributed by atoms with Crippen LogP contribution in [0.25, 0.3) is 0 Å². The van der Waals surface area contributed by atoms with Crippen molar-refractivity contribution in [3.63, 3.8) is 0 Å². The van der Waals surface area contributed by atoms with Crippen molar-refractivity contribution in [3.8, 4) is 11.5 Å². The summed E-state index contributed by atoms with van der Waals surface area (Å²) in [5.41, 5.74) is 0. The Bertz CT molecular complexity index is 274. The van der Waals surface area contributed by atoms with Crippen LogP contribution in [0.2, 0.25) is 0 Å². The summed E-state index contributed by atoms with van der Waals surface area (Å²) in [6, 6.07) is 1.05. The van der Waals surface area contributed by atoms with Crippen molar-refractivity contribution < 1.29 is 28.2 Å². The lowest BCUT2D eigenvalue weighted by molar-refractivity contribution is -0.0501. The van der Waals surface area contributed by atoms with E-state index in [1.807, 2.05) is 0 Å². The molecule has 0 radical (unpaired) electrons. The second-order valence-electron chi connectivity index (χ2n) is 2.18. The first-order chi connectivity index (χ1) is 6.58. The highest BCUT2D eigenvalue weighted by molar-refractivity contribution is 6.33. The van der Waals surface area contributed by atoms with Gasteiger partial charge in [-0.2, -0.15) is 8.78 Å². The molecule has 0 fully saturated rings. The number of rotatable bonds is 4. The maximum absolute atomic E-state index is 11.7. The van der Waals surface area contributed by atoms with E-state index < -0.39 is 13.9 Å². The molecule has 0 aliphatic rings. The fourth-order valence-electron chi connectivity index (χ4n) is 0.752. The molecule has 0 saturated carbocycles. The van der Waals surface area contributed by atoms with Gasteiger partial charge < -0.3 is 19.4 Å². The van der Waals surface area contributed by atoms with Gasteiger partial charge in [0.15, 0.2) is 0 Å². The average molecular weight is 205 g/mol. The van der Waals surface area contributed by atoms with Crippen molar-refractivity contribution >= 4 is 7.32 Å². The number of hydrogen-bond donors (Lipinski definition) is 2. The molecule has 1 aromatic heterocycles. The zero-order chi connectivity index (χ0) is 10.6. The first kappa shape index (κ1) is 10.7. The second kappa shape index (κ2) is 4.73. The van der Waals surface area contributed by atoms with Gasteiger partial charge in [0, 0.05) is 6.07 Å². The topological polar surface area (TPSA) is 71.8 Å². The predicted octanol–water partition coefficient (Wildman–Crippen LogP) is 0.0313. The van der Waals surface area contributed by atoms with Crippen molar-refractivity contribution in [1.29, 1.82) is 0 Å². The summed E-state index contributed by atoms with van der Waals surface area (Å²) >= 11 is 0. The van der Waals surface area contributed by atoms with Crippen LogP contribution >= 0.6 is 0 Å². The summed E-state index contributed by atoms with van der Waals surface area (Å²) in [6.07, 6.45) is 2.17. The lowest BCUT2D eigenvalue weighted by Crippen LogP contribution is -2.20. The Morgan fingerprint density at radius 2 is 1.93 bits per heavy atom. The summed E-state index contributed by atoms with van der Waals surface area (Å²) < 4.78 is 31.8. The maximum atomic E-state index is 11.7. The van der Waals surface area contributed by atoms with E-state index in [1.165, 1.54) is 0 Å². The Labute approximate surface area is 78.1 Å². The summed E-state index contributed by atoms with van der Waals surface area (Å²) in [6.45, 7) is -2.97. The van der Waals surface area contributed by atoms with Crippen LogP contribution in [-0.4, -0.2) is 29.0 Å². The predicted molar refractivity (Wildman–Crippen MR) is 41.7 cm³/mol. The highest BCUT2D eigenvalue weighted by atomic mass is 19.3. The Kier molecular flexibility index (Phi) is 3.60. The highest BCUT2D eigenvalue weighted by Gasteiger charge is 2.12. The molecule has 2 N–H and O–H groups in total. The van der Waals surface area contributed by atoms with E-state index in [4.69, 9.17) is 10.0 Å². The van der Waals surface area contributed by atoms with Crippen LogP contribution in [0.5, 0.6) is 11.5 Å². The molecular formula is C6H6BF2NO4. The first-order valence-corrected chi connectivity index (χ1v) is 3.50. The molecule has 0 unspecified atom stereocenters. The SMILES string of the molecule is OB(O)Oc1cncc(OC(F)F)c1. The van der Waals surface area contributed by atoms with Crippen molar-refractivity contribution in [3.05, 3.63) is 18.5 Å². The summed E-state index contributed by atoms with van der Waals surface area (Å²) in [4.78, 5) is 3.49.